The maximum Gasteiger partial charge on any atom is 0.218 e. The molecule has 0 amide bonds. The summed E-state index contributed by atoms with van der Waals surface area (Å²) in [5, 5.41) is 11.9. The summed E-state index contributed by atoms with van der Waals surface area (Å²) in [7, 11) is -1.72. The number of sulfonamides is 1. The molecule has 0 aliphatic carbocycles. The van der Waals surface area contributed by atoms with E-state index in [1.54, 1.807) is 6.92 Å². The molecule has 0 bridgehead atoms. The van der Waals surface area contributed by atoms with E-state index in [1.165, 1.54) is 11.4 Å². The van der Waals surface area contributed by atoms with Crippen LogP contribution in [0.3, 0.4) is 0 Å². The van der Waals surface area contributed by atoms with Gasteiger partial charge >= 0.3 is 0 Å². The number of rotatable bonds is 4. The molecular formula is C9H20N2O3S. The average Bonchev–Trinajstić information content (AvgIpc) is 2.18. The van der Waals surface area contributed by atoms with Gasteiger partial charge in [-0.1, -0.05) is 0 Å². The third kappa shape index (κ3) is 3.41. The van der Waals surface area contributed by atoms with E-state index in [2.05, 4.69) is 5.32 Å². The molecule has 0 saturated carbocycles. The first-order chi connectivity index (χ1) is 6.94. The van der Waals surface area contributed by atoms with Crippen LogP contribution in [0.2, 0.25) is 0 Å². The number of nitrogens with one attached hydrogen (secondary N) is 1. The molecule has 1 saturated heterocycles. The summed E-state index contributed by atoms with van der Waals surface area (Å²) in [5.74, 6) is 0. The summed E-state index contributed by atoms with van der Waals surface area (Å²) in [6.07, 6.45) is 0.979. The number of nitrogens with zero attached hydrogens (tertiary/aromatic N) is 1. The van der Waals surface area contributed by atoms with E-state index in [9.17, 15) is 8.42 Å². The molecule has 90 valence electrons. The van der Waals surface area contributed by atoms with E-state index < -0.39 is 16.1 Å². The zero-order chi connectivity index (χ0) is 11.5. The van der Waals surface area contributed by atoms with Crippen molar-refractivity contribution >= 4 is 10.0 Å². The molecule has 1 heterocycles. The number of hydrogen-bond acceptors (Lipinski definition) is 4. The second-order valence-electron chi connectivity index (χ2n) is 4.14. The zero-order valence-electron chi connectivity index (χ0n) is 9.31. The maximum atomic E-state index is 12.0. The molecule has 0 radical (unpaired) electrons. The van der Waals surface area contributed by atoms with Crippen molar-refractivity contribution < 1.29 is 13.5 Å². The van der Waals surface area contributed by atoms with Crippen LogP contribution in [0.1, 0.15) is 19.8 Å². The first-order valence-corrected chi connectivity index (χ1v) is 6.79. The minimum Gasteiger partial charge on any atom is -0.392 e. The Morgan fingerprint density at radius 3 is 2.73 bits per heavy atom. The molecular weight excluding hydrogens is 216 g/mol. The highest BCUT2D eigenvalue weighted by Gasteiger charge is 2.31. The van der Waals surface area contributed by atoms with Gasteiger partial charge in [0.2, 0.25) is 10.0 Å². The van der Waals surface area contributed by atoms with E-state index in [-0.39, 0.29) is 11.8 Å². The predicted octanol–water partition coefficient (Wildman–Crippen LogP) is -0.619. The van der Waals surface area contributed by atoms with Crippen LogP contribution in [0, 0.1) is 0 Å². The van der Waals surface area contributed by atoms with Gasteiger partial charge in [-0.3, -0.25) is 0 Å². The summed E-state index contributed by atoms with van der Waals surface area (Å²) in [5.41, 5.74) is 0. The summed E-state index contributed by atoms with van der Waals surface area (Å²) in [4.78, 5) is 0. The lowest BCUT2D eigenvalue weighted by Gasteiger charge is -2.28. The van der Waals surface area contributed by atoms with Crippen molar-refractivity contribution in [1.29, 1.82) is 0 Å². The Morgan fingerprint density at radius 1 is 1.60 bits per heavy atom. The molecule has 0 aromatic heterocycles. The van der Waals surface area contributed by atoms with Crippen LogP contribution in [0.25, 0.3) is 0 Å². The van der Waals surface area contributed by atoms with Crippen LogP contribution in [0.4, 0.5) is 0 Å². The largest absolute Gasteiger partial charge is 0.392 e. The number of likely N-dealkylation sites (N-methyl/N-ethyl adjacent to an activating group) is 1. The van der Waals surface area contributed by atoms with Gasteiger partial charge in [-0.2, -0.15) is 0 Å². The van der Waals surface area contributed by atoms with Crippen LogP contribution < -0.4 is 5.32 Å². The molecule has 1 aliphatic rings. The molecule has 1 rings (SSSR count). The van der Waals surface area contributed by atoms with Crippen molar-refractivity contribution in [3.63, 3.8) is 0 Å². The van der Waals surface area contributed by atoms with Crippen molar-refractivity contribution in [3.8, 4) is 0 Å². The van der Waals surface area contributed by atoms with Gasteiger partial charge in [-0.15, -0.1) is 0 Å². The quantitative estimate of drug-likeness (QED) is 0.682. The highest BCUT2D eigenvalue weighted by molar-refractivity contribution is 7.89. The summed E-state index contributed by atoms with van der Waals surface area (Å²) in [6.45, 7) is 3.17. The summed E-state index contributed by atoms with van der Waals surface area (Å²) in [6, 6.07) is 0. The molecule has 0 aromatic rings. The number of hydrogen-bond donors (Lipinski definition) is 2. The van der Waals surface area contributed by atoms with Gasteiger partial charge in [0.25, 0.3) is 0 Å². The minimum atomic E-state index is -3.25. The second-order valence-corrected chi connectivity index (χ2v) is 6.46. The van der Waals surface area contributed by atoms with Crippen molar-refractivity contribution in [2.75, 3.05) is 26.7 Å². The van der Waals surface area contributed by atoms with Crippen LogP contribution in [0.5, 0.6) is 0 Å². The molecule has 2 N–H and O–H groups in total. The molecule has 1 aliphatic heterocycles. The lowest BCUT2D eigenvalue weighted by atomic mass is 10.2. The van der Waals surface area contributed by atoms with Gasteiger partial charge in [0.05, 0.1) is 11.4 Å². The minimum absolute atomic E-state index is 0.166. The zero-order valence-corrected chi connectivity index (χ0v) is 10.1. The SMILES string of the molecule is CC(O)CN(C)S(=O)(=O)C1CCCNC1. The summed E-state index contributed by atoms with van der Waals surface area (Å²) < 4.78 is 25.3. The standard InChI is InChI=1S/C9H20N2O3S/c1-8(12)7-11(2)15(13,14)9-4-3-5-10-6-9/h8-10,12H,3-7H2,1-2H3. The van der Waals surface area contributed by atoms with Crippen LogP contribution in [0.15, 0.2) is 0 Å². The number of piperidine rings is 1. The Morgan fingerprint density at radius 2 is 2.27 bits per heavy atom. The molecule has 6 heteroatoms. The van der Waals surface area contributed by atoms with Gasteiger partial charge in [0.1, 0.15) is 0 Å². The van der Waals surface area contributed by atoms with E-state index in [1.807, 2.05) is 0 Å². The highest BCUT2D eigenvalue weighted by atomic mass is 32.2. The lowest BCUT2D eigenvalue weighted by Crippen LogP contribution is -2.46. The molecule has 0 aromatic carbocycles. The number of aliphatic hydroxyl groups excluding tert-OH is 1. The molecule has 2 unspecified atom stereocenters. The topological polar surface area (TPSA) is 69.6 Å². The fraction of sp³-hybridized carbons (Fsp3) is 1.00. The molecule has 1 fully saturated rings. The Bertz CT molecular complexity index is 284. The van der Waals surface area contributed by atoms with Crippen molar-refractivity contribution in [1.82, 2.24) is 9.62 Å². The van der Waals surface area contributed by atoms with Crippen LogP contribution in [-0.4, -0.2) is 55.9 Å². The van der Waals surface area contributed by atoms with E-state index >= 15 is 0 Å². The van der Waals surface area contributed by atoms with Crippen LogP contribution in [-0.2, 0) is 10.0 Å². The normalized spacial score (nSPS) is 25.5. The van der Waals surface area contributed by atoms with Gasteiger partial charge in [0.15, 0.2) is 0 Å². The fourth-order valence-electron chi connectivity index (χ4n) is 1.80. The van der Waals surface area contributed by atoms with Crippen molar-refractivity contribution in [2.45, 2.75) is 31.1 Å². The Labute approximate surface area is 91.5 Å². The second kappa shape index (κ2) is 5.25. The van der Waals surface area contributed by atoms with Crippen molar-refractivity contribution in [2.24, 2.45) is 0 Å². The van der Waals surface area contributed by atoms with E-state index in [4.69, 9.17) is 5.11 Å². The van der Waals surface area contributed by atoms with E-state index in [0.717, 1.165) is 13.0 Å². The molecule has 5 nitrogen and oxygen atoms in total. The monoisotopic (exact) mass is 236 g/mol. The molecule has 15 heavy (non-hydrogen) atoms. The Kier molecular flexibility index (Phi) is 4.51. The highest BCUT2D eigenvalue weighted by Crippen LogP contribution is 2.15. The first-order valence-electron chi connectivity index (χ1n) is 5.28. The van der Waals surface area contributed by atoms with Crippen molar-refractivity contribution in [3.05, 3.63) is 0 Å². The third-order valence-corrected chi connectivity index (χ3v) is 4.89. The average molecular weight is 236 g/mol. The maximum absolute atomic E-state index is 12.0. The number of aliphatic hydroxyl groups is 1. The van der Waals surface area contributed by atoms with Crippen LogP contribution >= 0.6 is 0 Å². The Hall–Kier alpha value is -0.170. The summed E-state index contributed by atoms with van der Waals surface area (Å²) >= 11 is 0. The third-order valence-electron chi connectivity index (χ3n) is 2.63. The smallest absolute Gasteiger partial charge is 0.218 e. The predicted molar refractivity (Wildman–Crippen MR) is 59.1 cm³/mol. The molecule has 0 spiro atoms. The molecule has 2 atom stereocenters. The Balaban J connectivity index is 2.63. The van der Waals surface area contributed by atoms with Gasteiger partial charge in [-0.05, 0) is 26.3 Å². The van der Waals surface area contributed by atoms with Gasteiger partial charge in [0, 0.05) is 20.1 Å². The first kappa shape index (κ1) is 12.9. The van der Waals surface area contributed by atoms with E-state index in [0.29, 0.717) is 13.0 Å². The fourth-order valence-corrected chi connectivity index (χ4v) is 3.53. The van der Waals surface area contributed by atoms with Gasteiger partial charge in [-0.25, -0.2) is 12.7 Å². The lowest BCUT2D eigenvalue weighted by molar-refractivity contribution is 0.170. The van der Waals surface area contributed by atoms with Gasteiger partial charge < -0.3 is 10.4 Å².